The van der Waals surface area contributed by atoms with Crippen LogP contribution in [-0.2, 0) is 6.42 Å². The highest BCUT2D eigenvalue weighted by Gasteiger charge is 2.20. The second-order valence-electron chi connectivity index (χ2n) is 4.41. The van der Waals surface area contributed by atoms with E-state index in [9.17, 15) is 5.26 Å². The summed E-state index contributed by atoms with van der Waals surface area (Å²) in [6.07, 6.45) is 4.48. The molecule has 1 aromatic carbocycles. The van der Waals surface area contributed by atoms with Gasteiger partial charge in [0.1, 0.15) is 0 Å². The van der Waals surface area contributed by atoms with Gasteiger partial charge in [0.15, 0.2) is 0 Å². The van der Waals surface area contributed by atoms with Crippen molar-refractivity contribution in [3.05, 3.63) is 35.9 Å². The Morgan fingerprint density at radius 1 is 1.19 bits per heavy atom. The molecule has 2 heteroatoms. The van der Waals surface area contributed by atoms with Crippen LogP contribution in [0.2, 0.25) is 0 Å². The number of rotatable bonds is 4. The molecule has 0 bridgehead atoms. The van der Waals surface area contributed by atoms with Gasteiger partial charge in [0.2, 0.25) is 0 Å². The van der Waals surface area contributed by atoms with E-state index in [-0.39, 0.29) is 6.04 Å². The average Bonchev–Trinajstić information content (AvgIpc) is 2.85. The van der Waals surface area contributed by atoms with Crippen molar-refractivity contribution in [1.29, 1.82) is 5.26 Å². The molecule has 1 fully saturated rings. The first-order valence-electron chi connectivity index (χ1n) is 6.08. The summed E-state index contributed by atoms with van der Waals surface area (Å²) in [6, 6.07) is 13.0. The van der Waals surface area contributed by atoms with Gasteiger partial charge >= 0.3 is 0 Å². The summed E-state index contributed by atoms with van der Waals surface area (Å²) in [5.74, 6) is 0. The molecule has 2 rings (SSSR count). The third kappa shape index (κ3) is 2.84. The molecule has 0 spiro atoms. The summed E-state index contributed by atoms with van der Waals surface area (Å²) >= 11 is 0. The fraction of sp³-hybridized carbons (Fsp3) is 0.500. The summed E-state index contributed by atoms with van der Waals surface area (Å²) in [7, 11) is 0. The number of likely N-dealkylation sites (tertiary alicyclic amines) is 1. The largest absolute Gasteiger partial charge is 0.288 e. The number of hydrogen-bond donors (Lipinski definition) is 0. The van der Waals surface area contributed by atoms with Crippen LogP contribution in [0.3, 0.4) is 0 Å². The van der Waals surface area contributed by atoms with Crippen molar-refractivity contribution in [1.82, 2.24) is 4.90 Å². The molecule has 1 atom stereocenters. The van der Waals surface area contributed by atoms with Gasteiger partial charge in [-0.15, -0.1) is 0 Å². The Bertz CT molecular complexity index is 347. The molecule has 1 saturated heterocycles. The molecule has 2 nitrogen and oxygen atoms in total. The Balaban J connectivity index is 1.86. The average molecular weight is 214 g/mol. The number of hydrogen-bond acceptors (Lipinski definition) is 2. The monoisotopic (exact) mass is 214 g/mol. The van der Waals surface area contributed by atoms with E-state index in [1.54, 1.807) is 0 Å². The molecule has 1 unspecified atom stereocenters. The molecule has 0 radical (unpaired) electrons. The minimum Gasteiger partial charge on any atom is -0.288 e. The van der Waals surface area contributed by atoms with Gasteiger partial charge in [-0.05, 0) is 44.3 Å². The second kappa shape index (κ2) is 5.67. The van der Waals surface area contributed by atoms with Crippen LogP contribution in [0.15, 0.2) is 30.3 Å². The molecule has 84 valence electrons. The number of nitriles is 1. The van der Waals surface area contributed by atoms with Crippen LogP contribution in [0.25, 0.3) is 0 Å². The molecule has 1 heterocycles. The van der Waals surface area contributed by atoms with Gasteiger partial charge in [-0.2, -0.15) is 5.26 Å². The molecular formula is C14H18N2. The van der Waals surface area contributed by atoms with Gasteiger partial charge in [0, 0.05) is 0 Å². The Labute approximate surface area is 97.5 Å². The zero-order valence-corrected chi connectivity index (χ0v) is 9.60. The second-order valence-corrected chi connectivity index (χ2v) is 4.41. The third-order valence-electron chi connectivity index (χ3n) is 3.28. The van der Waals surface area contributed by atoms with Crippen molar-refractivity contribution >= 4 is 0 Å². The van der Waals surface area contributed by atoms with E-state index in [0.717, 1.165) is 25.9 Å². The van der Waals surface area contributed by atoms with Gasteiger partial charge < -0.3 is 0 Å². The van der Waals surface area contributed by atoms with Gasteiger partial charge in [-0.25, -0.2) is 0 Å². The van der Waals surface area contributed by atoms with E-state index >= 15 is 0 Å². The summed E-state index contributed by atoms with van der Waals surface area (Å²) in [6.45, 7) is 2.21. The molecule has 16 heavy (non-hydrogen) atoms. The lowest BCUT2D eigenvalue weighted by atomic mass is 10.1. The Morgan fingerprint density at radius 3 is 2.50 bits per heavy atom. The first-order chi connectivity index (χ1) is 7.90. The maximum atomic E-state index is 9.17. The van der Waals surface area contributed by atoms with Gasteiger partial charge in [0.05, 0.1) is 12.1 Å². The van der Waals surface area contributed by atoms with E-state index < -0.39 is 0 Å². The molecular weight excluding hydrogens is 196 g/mol. The van der Waals surface area contributed by atoms with E-state index in [4.69, 9.17) is 0 Å². The molecule has 0 amide bonds. The minimum absolute atomic E-state index is 0.114. The molecule has 0 saturated carbocycles. The Kier molecular flexibility index (Phi) is 3.96. The fourth-order valence-electron chi connectivity index (χ4n) is 2.33. The normalized spacial score (nSPS) is 18.2. The van der Waals surface area contributed by atoms with Crippen LogP contribution in [0.5, 0.6) is 0 Å². The fourth-order valence-corrected chi connectivity index (χ4v) is 2.33. The minimum atomic E-state index is 0.114. The summed E-state index contributed by atoms with van der Waals surface area (Å²) in [5, 5.41) is 9.17. The van der Waals surface area contributed by atoms with E-state index in [0.29, 0.717) is 0 Å². The van der Waals surface area contributed by atoms with Gasteiger partial charge in [-0.3, -0.25) is 4.90 Å². The quantitative estimate of drug-likeness (QED) is 0.770. The van der Waals surface area contributed by atoms with Crippen molar-refractivity contribution in [2.45, 2.75) is 31.7 Å². The SMILES string of the molecule is N#CC(CCc1ccccc1)N1CCCC1. The molecule has 1 aromatic rings. The zero-order valence-electron chi connectivity index (χ0n) is 9.60. The third-order valence-corrected chi connectivity index (χ3v) is 3.28. The lowest BCUT2D eigenvalue weighted by Gasteiger charge is -2.20. The van der Waals surface area contributed by atoms with Crippen LogP contribution in [0, 0.1) is 11.3 Å². The van der Waals surface area contributed by atoms with E-state index in [1.807, 2.05) is 6.07 Å². The lowest BCUT2D eigenvalue weighted by molar-refractivity contribution is 0.278. The molecule has 0 aromatic heterocycles. The summed E-state index contributed by atoms with van der Waals surface area (Å²) in [4.78, 5) is 2.32. The van der Waals surface area contributed by atoms with Crippen molar-refractivity contribution in [3.63, 3.8) is 0 Å². The molecule has 1 aliphatic heterocycles. The summed E-state index contributed by atoms with van der Waals surface area (Å²) < 4.78 is 0. The van der Waals surface area contributed by atoms with E-state index in [2.05, 4.69) is 35.2 Å². The lowest BCUT2D eigenvalue weighted by Crippen LogP contribution is -2.31. The Morgan fingerprint density at radius 2 is 1.88 bits per heavy atom. The first kappa shape index (κ1) is 11.2. The molecule has 0 N–H and O–H groups in total. The van der Waals surface area contributed by atoms with Crippen LogP contribution in [-0.4, -0.2) is 24.0 Å². The predicted octanol–water partition coefficient (Wildman–Crippen LogP) is 2.61. The Hall–Kier alpha value is -1.33. The van der Waals surface area contributed by atoms with E-state index in [1.165, 1.54) is 18.4 Å². The van der Waals surface area contributed by atoms with Crippen molar-refractivity contribution < 1.29 is 0 Å². The predicted molar refractivity (Wildman–Crippen MR) is 65.0 cm³/mol. The zero-order chi connectivity index (χ0) is 11.2. The topological polar surface area (TPSA) is 27.0 Å². The van der Waals surface area contributed by atoms with Gasteiger partial charge in [-0.1, -0.05) is 30.3 Å². The maximum absolute atomic E-state index is 9.17. The van der Waals surface area contributed by atoms with Crippen LogP contribution < -0.4 is 0 Å². The van der Waals surface area contributed by atoms with Crippen LogP contribution in [0.4, 0.5) is 0 Å². The standard InChI is InChI=1S/C14H18N2/c15-12-14(16-10-4-5-11-16)9-8-13-6-2-1-3-7-13/h1-3,6-7,14H,4-5,8-11H2. The van der Waals surface area contributed by atoms with Crippen molar-refractivity contribution in [2.24, 2.45) is 0 Å². The highest BCUT2D eigenvalue weighted by atomic mass is 15.2. The van der Waals surface area contributed by atoms with Crippen LogP contribution >= 0.6 is 0 Å². The summed E-state index contributed by atoms with van der Waals surface area (Å²) in [5.41, 5.74) is 1.34. The van der Waals surface area contributed by atoms with Crippen molar-refractivity contribution in [2.75, 3.05) is 13.1 Å². The highest BCUT2D eigenvalue weighted by molar-refractivity contribution is 5.15. The maximum Gasteiger partial charge on any atom is 0.0981 e. The number of nitrogens with zero attached hydrogens (tertiary/aromatic N) is 2. The highest BCUT2D eigenvalue weighted by Crippen LogP contribution is 2.15. The smallest absolute Gasteiger partial charge is 0.0981 e. The molecule has 1 aliphatic rings. The van der Waals surface area contributed by atoms with Gasteiger partial charge in [0.25, 0.3) is 0 Å². The van der Waals surface area contributed by atoms with Crippen molar-refractivity contribution in [3.8, 4) is 6.07 Å². The first-order valence-corrected chi connectivity index (χ1v) is 6.08. The van der Waals surface area contributed by atoms with Crippen LogP contribution in [0.1, 0.15) is 24.8 Å². The number of aryl methyl sites for hydroxylation is 1. The number of benzene rings is 1. The molecule has 0 aliphatic carbocycles.